The van der Waals surface area contributed by atoms with E-state index in [9.17, 15) is 8.78 Å². The highest BCUT2D eigenvalue weighted by atomic mass is 35.5. The van der Waals surface area contributed by atoms with Gasteiger partial charge in [-0.05, 0) is 24.8 Å². The van der Waals surface area contributed by atoms with Gasteiger partial charge >= 0.3 is 0 Å². The lowest BCUT2D eigenvalue weighted by atomic mass is 9.77. The zero-order valence-electron chi connectivity index (χ0n) is 8.25. The topological polar surface area (TPSA) is 26.0 Å². The number of halogens is 3. The van der Waals surface area contributed by atoms with Crippen LogP contribution in [-0.4, -0.2) is 0 Å². The van der Waals surface area contributed by atoms with Crippen molar-refractivity contribution in [2.24, 2.45) is 11.7 Å². The molecule has 1 aliphatic rings. The molecule has 0 saturated heterocycles. The van der Waals surface area contributed by atoms with Crippen LogP contribution in [0.15, 0.2) is 18.2 Å². The smallest absolute Gasteiger partial charge is 0.163 e. The maximum absolute atomic E-state index is 13.3. The third kappa shape index (κ3) is 2.29. The van der Waals surface area contributed by atoms with E-state index in [0.717, 1.165) is 25.3 Å². The average molecular weight is 234 g/mol. The molecule has 0 unspecified atom stereocenters. The van der Waals surface area contributed by atoms with Crippen molar-refractivity contribution in [3.63, 3.8) is 0 Å². The minimum Gasteiger partial charge on any atom is -0.324 e. The summed E-state index contributed by atoms with van der Waals surface area (Å²) in [5, 5.41) is 0. The Balaban J connectivity index is 0.00000112. The van der Waals surface area contributed by atoms with E-state index in [1.807, 2.05) is 0 Å². The summed E-state index contributed by atoms with van der Waals surface area (Å²) in [6.45, 7) is 0. The Kier molecular flexibility index (Phi) is 4.05. The van der Waals surface area contributed by atoms with Gasteiger partial charge in [0.15, 0.2) is 11.6 Å². The predicted octanol–water partition coefficient (Wildman–Crippen LogP) is 3.19. The van der Waals surface area contributed by atoms with Gasteiger partial charge in [0.1, 0.15) is 0 Å². The monoisotopic (exact) mass is 233 g/mol. The number of benzene rings is 1. The quantitative estimate of drug-likeness (QED) is 0.834. The van der Waals surface area contributed by atoms with Crippen LogP contribution in [-0.2, 0) is 0 Å². The van der Waals surface area contributed by atoms with Gasteiger partial charge in [0.25, 0.3) is 0 Å². The second-order valence-electron chi connectivity index (χ2n) is 3.86. The molecule has 1 nitrogen and oxygen atoms in total. The zero-order valence-corrected chi connectivity index (χ0v) is 9.07. The molecular weight excluding hydrogens is 220 g/mol. The SMILES string of the molecule is Cl.N[C@H](c1cccc(F)c1F)C1CCC1. The number of rotatable bonds is 2. The molecule has 0 aliphatic heterocycles. The van der Waals surface area contributed by atoms with Gasteiger partial charge in [-0.2, -0.15) is 0 Å². The van der Waals surface area contributed by atoms with Gasteiger partial charge in [0.2, 0.25) is 0 Å². The van der Waals surface area contributed by atoms with E-state index in [0.29, 0.717) is 11.5 Å². The molecule has 1 saturated carbocycles. The van der Waals surface area contributed by atoms with Crippen molar-refractivity contribution in [3.05, 3.63) is 35.4 Å². The lowest BCUT2D eigenvalue weighted by Crippen LogP contribution is -2.27. The molecule has 0 amide bonds. The summed E-state index contributed by atoms with van der Waals surface area (Å²) >= 11 is 0. The molecule has 1 aliphatic carbocycles. The fourth-order valence-electron chi connectivity index (χ4n) is 1.83. The molecule has 1 fully saturated rings. The second-order valence-corrected chi connectivity index (χ2v) is 3.86. The van der Waals surface area contributed by atoms with Crippen LogP contribution in [0.5, 0.6) is 0 Å². The van der Waals surface area contributed by atoms with Crippen molar-refractivity contribution < 1.29 is 8.78 Å². The highest BCUT2D eigenvalue weighted by molar-refractivity contribution is 5.85. The van der Waals surface area contributed by atoms with Crippen LogP contribution >= 0.6 is 12.4 Å². The number of hydrogen-bond acceptors (Lipinski definition) is 1. The van der Waals surface area contributed by atoms with E-state index in [1.54, 1.807) is 6.07 Å². The number of nitrogens with two attached hydrogens (primary N) is 1. The Morgan fingerprint density at radius 1 is 1.27 bits per heavy atom. The van der Waals surface area contributed by atoms with Crippen LogP contribution in [0, 0.1) is 17.6 Å². The van der Waals surface area contributed by atoms with Crippen molar-refractivity contribution in [3.8, 4) is 0 Å². The molecule has 2 N–H and O–H groups in total. The molecule has 4 heteroatoms. The Hall–Kier alpha value is -0.670. The van der Waals surface area contributed by atoms with Crippen LogP contribution < -0.4 is 5.73 Å². The van der Waals surface area contributed by atoms with Crippen molar-refractivity contribution in [1.82, 2.24) is 0 Å². The van der Waals surface area contributed by atoms with Crippen LogP contribution in [0.1, 0.15) is 30.9 Å². The van der Waals surface area contributed by atoms with Gasteiger partial charge in [0.05, 0.1) is 0 Å². The third-order valence-electron chi connectivity index (χ3n) is 3.00. The first kappa shape index (κ1) is 12.4. The highest BCUT2D eigenvalue weighted by Crippen LogP contribution is 2.37. The van der Waals surface area contributed by atoms with Crippen molar-refractivity contribution in [2.75, 3.05) is 0 Å². The molecule has 1 aromatic rings. The Morgan fingerprint density at radius 2 is 1.93 bits per heavy atom. The maximum Gasteiger partial charge on any atom is 0.163 e. The highest BCUT2D eigenvalue weighted by Gasteiger charge is 2.27. The van der Waals surface area contributed by atoms with Gasteiger partial charge in [-0.3, -0.25) is 0 Å². The lowest BCUT2D eigenvalue weighted by Gasteiger charge is -2.31. The second kappa shape index (κ2) is 4.90. The molecular formula is C11H14ClF2N. The largest absolute Gasteiger partial charge is 0.324 e. The summed E-state index contributed by atoms with van der Waals surface area (Å²) in [5.74, 6) is -1.27. The fraction of sp³-hybridized carbons (Fsp3) is 0.455. The molecule has 1 aromatic carbocycles. The predicted molar refractivity (Wildman–Crippen MR) is 57.9 cm³/mol. The Morgan fingerprint density at radius 3 is 2.47 bits per heavy atom. The average Bonchev–Trinajstić information content (AvgIpc) is 2.06. The van der Waals surface area contributed by atoms with Crippen molar-refractivity contribution in [1.29, 1.82) is 0 Å². The van der Waals surface area contributed by atoms with Gasteiger partial charge in [-0.1, -0.05) is 18.6 Å². The van der Waals surface area contributed by atoms with Crippen LogP contribution in [0.3, 0.4) is 0 Å². The summed E-state index contributed by atoms with van der Waals surface area (Å²) in [6.07, 6.45) is 3.20. The van der Waals surface area contributed by atoms with Gasteiger partial charge in [-0.15, -0.1) is 12.4 Å². The molecule has 1 atom stereocenters. The van der Waals surface area contributed by atoms with Crippen molar-refractivity contribution in [2.45, 2.75) is 25.3 Å². The normalized spacial score (nSPS) is 17.8. The Labute approximate surface area is 94.1 Å². The first-order valence-corrected chi connectivity index (χ1v) is 4.89. The Bertz CT molecular complexity index is 339. The van der Waals surface area contributed by atoms with Gasteiger partial charge < -0.3 is 5.73 Å². The molecule has 0 radical (unpaired) electrons. The summed E-state index contributed by atoms with van der Waals surface area (Å²) in [7, 11) is 0. The summed E-state index contributed by atoms with van der Waals surface area (Å²) < 4.78 is 26.2. The van der Waals surface area contributed by atoms with Crippen molar-refractivity contribution >= 4 is 12.4 Å². The molecule has 0 aromatic heterocycles. The molecule has 0 spiro atoms. The van der Waals surface area contributed by atoms with Gasteiger partial charge in [-0.25, -0.2) is 8.78 Å². The van der Waals surface area contributed by atoms with Crippen LogP contribution in [0.25, 0.3) is 0 Å². The molecule has 2 rings (SSSR count). The van der Waals surface area contributed by atoms with E-state index >= 15 is 0 Å². The fourth-order valence-corrected chi connectivity index (χ4v) is 1.83. The summed E-state index contributed by atoms with van der Waals surface area (Å²) in [4.78, 5) is 0. The van der Waals surface area contributed by atoms with E-state index in [1.165, 1.54) is 6.07 Å². The summed E-state index contributed by atoms with van der Waals surface area (Å²) in [5.41, 5.74) is 6.18. The van der Waals surface area contributed by atoms with Crippen LogP contribution in [0.2, 0.25) is 0 Å². The lowest BCUT2D eigenvalue weighted by molar-refractivity contribution is 0.259. The number of hydrogen-bond donors (Lipinski definition) is 1. The maximum atomic E-state index is 13.3. The zero-order chi connectivity index (χ0) is 10.1. The third-order valence-corrected chi connectivity index (χ3v) is 3.00. The first-order valence-electron chi connectivity index (χ1n) is 4.89. The first-order chi connectivity index (χ1) is 6.70. The van der Waals surface area contributed by atoms with E-state index in [-0.39, 0.29) is 18.4 Å². The van der Waals surface area contributed by atoms with Gasteiger partial charge in [0, 0.05) is 11.6 Å². The van der Waals surface area contributed by atoms with E-state index < -0.39 is 11.6 Å². The van der Waals surface area contributed by atoms with Crippen LogP contribution in [0.4, 0.5) is 8.78 Å². The van der Waals surface area contributed by atoms with E-state index in [4.69, 9.17) is 5.73 Å². The standard InChI is InChI=1S/C11H13F2N.ClH/c12-9-6-2-5-8(10(9)13)11(14)7-3-1-4-7;/h2,5-7,11H,1,3-4,14H2;1H/t11-;/m0./s1. The summed E-state index contributed by atoms with van der Waals surface area (Å²) in [6, 6.07) is 3.85. The molecule has 15 heavy (non-hydrogen) atoms. The molecule has 0 heterocycles. The minimum atomic E-state index is -0.808. The minimum absolute atomic E-state index is 0. The molecule has 0 bridgehead atoms. The molecule has 84 valence electrons. The van der Waals surface area contributed by atoms with E-state index in [2.05, 4.69) is 0 Å².